The molecule has 0 aromatic heterocycles. The predicted octanol–water partition coefficient (Wildman–Crippen LogP) is 6.06. The highest BCUT2D eigenvalue weighted by atomic mass is 19.1. The van der Waals surface area contributed by atoms with Crippen LogP contribution < -0.4 is 9.47 Å². The van der Waals surface area contributed by atoms with Gasteiger partial charge in [0.2, 0.25) is 0 Å². The number of carbonyl (C=O) groups is 2. The number of carboxylic acids is 1. The molecule has 3 rings (SSSR count). The standard InChI is InChI=1S/C29H28FNO8/c1-19(22-12-13-24(25(30)18-22)21-8-4-3-5-9-21)29(34)39-26-14-11-20(17-27(26)37-2)16-23(28(32)33)10-6-7-15-38-31(35)36/h3-5,8-9,11-14,16-19H,6-7,10,15H2,1-2H3,(H,32,33). The van der Waals surface area contributed by atoms with E-state index in [-0.39, 0.29) is 30.1 Å². The van der Waals surface area contributed by atoms with Crippen LogP contribution in [0.2, 0.25) is 0 Å². The Morgan fingerprint density at radius 1 is 1.05 bits per heavy atom. The molecule has 0 amide bonds. The van der Waals surface area contributed by atoms with Crippen molar-refractivity contribution in [2.75, 3.05) is 13.7 Å². The highest BCUT2D eigenvalue weighted by Crippen LogP contribution is 2.32. The maximum Gasteiger partial charge on any atom is 0.331 e. The highest BCUT2D eigenvalue weighted by molar-refractivity contribution is 5.92. The second kappa shape index (κ2) is 13.7. The zero-order valence-electron chi connectivity index (χ0n) is 21.5. The average Bonchev–Trinajstić information content (AvgIpc) is 2.92. The van der Waals surface area contributed by atoms with E-state index in [1.54, 1.807) is 37.3 Å². The molecule has 0 saturated carbocycles. The molecule has 0 heterocycles. The van der Waals surface area contributed by atoms with Gasteiger partial charge in [0, 0.05) is 11.1 Å². The Bertz CT molecular complexity index is 1360. The summed E-state index contributed by atoms with van der Waals surface area (Å²) in [5, 5.41) is 18.8. The van der Waals surface area contributed by atoms with Crippen molar-refractivity contribution in [2.24, 2.45) is 0 Å². The van der Waals surface area contributed by atoms with Crippen LogP contribution in [0.25, 0.3) is 17.2 Å². The molecule has 0 fully saturated rings. The lowest BCUT2D eigenvalue weighted by molar-refractivity contribution is -0.757. The Balaban J connectivity index is 1.70. The fourth-order valence-corrected chi connectivity index (χ4v) is 3.84. The number of esters is 1. The molecule has 1 N–H and O–H groups in total. The van der Waals surface area contributed by atoms with Crippen molar-refractivity contribution in [1.82, 2.24) is 0 Å². The number of benzene rings is 3. The van der Waals surface area contributed by atoms with Gasteiger partial charge in [-0.3, -0.25) is 4.79 Å². The van der Waals surface area contributed by atoms with Gasteiger partial charge in [-0.15, -0.1) is 10.1 Å². The minimum atomic E-state index is -1.13. The maximum atomic E-state index is 14.8. The first kappa shape index (κ1) is 28.8. The van der Waals surface area contributed by atoms with Crippen LogP contribution in [0.1, 0.15) is 43.2 Å². The van der Waals surface area contributed by atoms with E-state index in [9.17, 15) is 29.2 Å². The van der Waals surface area contributed by atoms with Crippen LogP contribution in [0.5, 0.6) is 11.5 Å². The van der Waals surface area contributed by atoms with Crippen molar-refractivity contribution < 1.29 is 38.5 Å². The second-order valence-electron chi connectivity index (χ2n) is 8.65. The quantitative estimate of drug-likeness (QED) is 0.0697. The topological polar surface area (TPSA) is 125 Å². The van der Waals surface area contributed by atoms with Gasteiger partial charge in [-0.25, -0.2) is 9.18 Å². The van der Waals surface area contributed by atoms with E-state index in [4.69, 9.17) is 9.47 Å². The molecule has 39 heavy (non-hydrogen) atoms. The molecule has 0 bridgehead atoms. The van der Waals surface area contributed by atoms with Gasteiger partial charge in [0.05, 0.1) is 19.6 Å². The monoisotopic (exact) mass is 537 g/mol. The van der Waals surface area contributed by atoms with E-state index in [1.807, 2.05) is 18.2 Å². The van der Waals surface area contributed by atoms with Crippen LogP contribution in [0, 0.1) is 15.9 Å². The lowest BCUT2D eigenvalue weighted by Crippen LogP contribution is -2.17. The van der Waals surface area contributed by atoms with E-state index in [1.165, 1.54) is 31.4 Å². The summed E-state index contributed by atoms with van der Waals surface area (Å²) in [6.45, 7) is 1.49. The fraction of sp³-hybridized carbons (Fsp3) is 0.241. The first-order valence-corrected chi connectivity index (χ1v) is 12.2. The number of hydrogen-bond acceptors (Lipinski definition) is 7. The van der Waals surface area contributed by atoms with Crippen molar-refractivity contribution in [3.05, 3.63) is 99.4 Å². The van der Waals surface area contributed by atoms with Gasteiger partial charge < -0.3 is 19.4 Å². The lowest BCUT2D eigenvalue weighted by atomic mass is 9.97. The zero-order chi connectivity index (χ0) is 28.4. The first-order chi connectivity index (χ1) is 18.7. The van der Waals surface area contributed by atoms with Gasteiger partial charge in [-0.2, -0.15) is 0 Å². The summed E-state index contributed by atoms with van der Waals surface area (Å²) >= 11 is 0. The normalized spacial score (nSPS) is 11.9. The third-order valence-corrected chi connectivity index (χ3v) is 5.98. The molecule has 1 unspecified atom stereocenters. The van der Waals surface area contributed by atoms with Crippen LogP contribution in [0.3, 0.4) is 0 Å². The third-order valence-electron chi connectivity index (χ3n) is 5.98. The number of carboxylic acid groups (broad SMARTS) is 1. The first-order valence-electron chi connectivity index (χ1n) is 12.2. The molecule has 0 aliphatic heterocycles. The van der Waals surface area contributed by atoms with Crippen molar-refractivity contribution in [1.29, 1.82) is 0 Å². The van der Waals surface area contributed by atoms with Crippen LogP contribution in [0.15, 0.2) is 72.3 Å². The molecule has 10 heteroatoms. The van der Waals surface area contributed by atoms with E-state index in [0.29, 0.717) is 29.5 Å². The Morgan fingerprint density at radius 2 is 1.79 bits per heavy atom. The zero-order valence-corrected chi connectivity index (χ0v) is 21.5. The molecule has 3 aromatic rings. The largest absolute Gasteiger partial charge is 0.493 e. The van der Waals surface area contributed by atoms with Gasteiger partial charge >= 0.3 is 11.9 Å². The number of nitrogens with zero attached hydrogens (tertiary/aromatic N) is 1. The van der Waals surface area contributed by atoms with Crippen molar-refractivity contribution >= 4 is 18.0 Å². The number of aliphatic carboxylic acids is 1. The van der Waals surface area contributed by atoms with E-state index in [0.717, 1.165) is 5.56 Å². The second-order valence-corrected chi connectivity index (χ2v) is 8.65. The van der Waals surface area contributed by atoms with Gasteiger partial charge in [-0.05, 0) is 67.2 Å². The summed E-state index contributed by atoms with van der Waals surface area (Å²) < 4.78 is 25.7. The third kappa shape index (κ3) is 8.13. The summed E-state index contributed by atoms with van der Waals surface area (Å²) in [5.41, 5.74) is 2.20. The van der Waals surface area contributed by atoms with Crippen molar-refractivity contribution in [2.45, 2.75) is 32.1 Å². The molecule has 204 valence electrons. The van der Waals surface area contributed by atoms with Crippen molar-refractivity contribution in [3.63, 3.8) is 0 Å². The van der Waals surface area contributed by atoms with Gasteiger partial charge in [0.25, 0.3) is 5.09 Å². The number of carbonyl (C=O) groups excluding carboxylic acids is 1. The number of unbranched alkanes of at least 4 members (excludes halogenated alkanes) is 1. The molecule has 0 spiro atoms. The van der Waals surface area contributed by atoms with E-state index in [2.05, 4.69) is 4.84 Å². The van der Waals surface area contributed by atoms with Crippen LogP contribution in [-0.4, -0.2) is 35.8 Å². The number of hydrogen-bond donors (Lipinski definition) is 1. The van der Waals surface area contributed by atoms with Crippen molar-refractivity contribution in [3.8, 4) is 22.6 Å². The average molecular weight is 538 g/mol. The van der Waals surface area contributed by atoms with Crippen LogP contribution in [-0.2, 0) is 14.4 Å². The number of ether oxygens (including phenoxy) is 2. The molecule has 1 atom stereocenters. The molecular weight excluding hydrogens is 509 g/mol. The summed E-state index contributed by atoms with van der Waals surface area (Å²) in [7, 11) is 1.38. The predicted molar refractivity (Wildman–Crippen MR) is 141 cm³/mol. The fourth-order valence-electron chi connectivity index (χ4n) is 3.84. The minimum absolute atomic E-state index is 0.0949. The molecule has 0 aliphatic carbocycles. The molecular formula is C29H28FNO8. The van der Waals surface area contributed by atoms with Gasteiger partial charge in [-0.1, -0.05) is 48.5 Å². The molecule has 3 aromatic carbocycles. The van der Waals surface area contributed by atoms with Crippen LogP contribution in [0.4, 0.5) is 4.39 Å². The highest BCUT2D eigenvalue weighted by Gasteiger charge is 2.21. The Hall–Kier alpha value is -4.73. The molecule has 0 saturated heterocycles. The molecule has 0 aliphatic rings. The Morgan fingerprint density at radius 3 is 2.44 bits per heavy atom. The van der Waals surface area contributed by atoms with E-state index < -0.39 is 28.8 Å². The summed E-state index contributed by atoms with van der Waals surface area (Å²) in [6, 6.07) is 18.3. The molecule has 9 nitrogen and oxygen atoms in total. The summed E-state index contributed by atoms with van der Waals surface area (Å²) in [4.78, 5) is 38.9. The Labute approximate surface area is 224 Å². The Kier molecular flexibility index (Phi) is 10.1. The number of methoxy groups -OCH3 is 1. The molecule has 0 radical (unpaired) electrons. The van der Waals surface area contributed by atoms with Crippen LogP contribution >= 0.6 is 0 Å². The SMILES string of the molecule is COc1cc(C=C(CCCCO[N+](=O)[O-])C(=O)O)ccc1OC(=O)C(C)c1ccc(-c2ccccc2)c(F)c1. The summed E-state index contributed by atoms with van der Waals surface area (Å²) in [6.07, 6.45) is 2.32. The smallest absolute Gasteiger partial charge is 0.331 e. The number of halogens is 1. The minimum Gasteiger partial charge on any atom is -0.493 e. The number of rotatable bonds is 13. The van der Waals surface area contributed by atoms with Gasteiger partial charge in [0.1, 0.15) is 5.82 Å². The van der Waals surface area contributed by atoms with Gasteiger partial charge in [0.15, 0.2) is 11.5 Å². The summed E-state index contributed by atoms with van der Waals surface area (Å²) in [5.74, 6) is -2.63. The van der Waals surface area contributed by atoms with E-state index >= 15 is 0 Å². The lowest BCUT2D eigenvalue weighted by Gasteiger charge is -2.15. The maximum absolute atomic E-state index is 14.8.